The number of hydrogen-bond donors (Lipinski definition) is 2. The Balaban J connectivity index is 1.69. The summed E-state index contributed by atoms with van der Waals surface area (Å²) in [4.78, 5) is 38.5. The molecule has 0 unspecified atom stereocenters. The maximum atomic E-state index is 13.8. The zero-order valence-electron chi connectivity index (χ0n) is 16.9. The van der Waals surface area contributed by atoms with Gasteiger partial charge in [-0.1, -0.05) is 13.0 Å². The summed E-state index contributed by atoms with van der Waals surface area (Å²) < 4.78 is 40.2. The topological polar surface area (TPSA) is 78.5 Å². The van der Waals surface area contributed by atoms with E-state index in [-0.39, 0.29) is 23.9 Å². The van der Waals surface area contributed by atoms with Crippen LogP contribution >= 0.6 is 0 Å². The van der Waals surface area contributed by atoms with Gasteiger partial charge in [-0.05, 0) is 49.6 Å². The quantitative estimate of drug-likeness (QED) is 0.619. The Kier molecular flexibility index (Phi) is 6.94. The first kappa shape index (κ1) is 22.3. The number of nitrogens with zero attached hydrogens (tertiary/aromatic N) is 1. The van der Waals surface area contributed by atoms with Crippen molar-refractivity contribution < 1.29 is 27.6 Å². The molecule has 2 N–H and O–H groups in total. The Morgan fingerprint density at radius 1 is 1.03 bits per heavy atom. The fourth-order valence-electron chi connectivity index (χ4n) is 3.01. The van der Waals surface area contributed by atoms with Crippen molar-refractivity contribution in [2.45, 2.75) is 26.2 Å². The smallest absolute Gasteiger partial charge is 0.254 e. The molecule has 0 aliphatic heterocycles. The molecule has 0 spiro atoms. The van der Waals surface area contributed by atoms with Crippen molar-refractivity contribution in [3.05, 3.63) is 59.4 Å². The van der Waals surface area contributed by atoms with Crippen LogP contribution in [-0.2, 0) is 9.59 Å². The molecule has 164 valence electrons. The van der Waals surface area contributed by atoms with Gasteiger partial charge in [0, 0.05) is 23.7 Å². The Hall–Kier alpha value is -3.36. The highest BCUT2D eigenvalue weighted by Crippen LogP contribution is 2.30. The van der Waals surface area contributed by atoms with E-state index >= 15 is 0 Å². The third kappa shape index (κ3) is 5.62. The van der Waals surface area contributed by atoms with Crippen LogP contribution in [0.25, 0.3) is 0 Å². The van der Waals surface area contributed by atoms with Gasteiger partial charge in [0.15, 0.2) is 17.5 Å². The van der Waals surface area contributed by atoms with Crippen molar-refractivity contribution >= 4 is 29.1 Å². The molecule has 1 fully saturated rings. The summed E-state index contributed by atoms with van der Waals surface area (Å²) in [6.07, 6.45) is 2.25. The molecule has 0 heterocycles. The zero-order valence-corrected chi connectivity index (χ0v) is 16.9. The third-order valence-corrected chi connectivity index (χ3v) is 4.75. The Morgan fingerprint density at radius 2 is 1.77 bits per heavy atom. The lowest BCUT2D eigenvalue weighted by Crippen LogP contribution is -2.38. The van der Waals surface area contributed by atoms with Crippen LogP contribution in [-0.4, -0.2) is 35.7 Å². The van der Waals surface area contributed by atoms with Gasteiger partial charge in [-0.2, -0.15) is 0 Å². The molecule has 0 aromatic heterocycles. The lowest BCUT2D eigenvalue weighted by atomic mass is 10.1. The molecule has 0 saturated heterocycles. The molecule has 0 atom stereocenters. The fourth-order valence-corrected chi connectivity index (χ4v) is 3.01. The van der Waals surface area contributed by atoms with E-state index in [0.717, 1.165) is 18.9 Å². The van der Waals surface area contributed by atoms with Crippen molar-refractivity contribution in [1.29, 1.82) is 0 Å². The van der Waals surface area contributed by atoms with Crippen LogP contribution in [0.5, 0.6) is 0 Å². The van der Waals surface area contributed by atoms with Crippen molar-refractivity contribution in [3.63, 3.8) is 0 Å². The number of rotatable bonds is 8. The first-order valence-corrected chi connectivity index (χ1v) is 9.93. The summed E-state index contributed by atoms with van der Waals surface area (Å²) in [5.41, 5.74) is 0.235. The number of halogens is 3. The van der Waals surface area contributed by atoms with E-state index in [0.29, 0.717) is 18.2 Å². The Morgan fingerprint density at radius 3 is 2.45 bits per heavy atom. The number of anilines is 2. The maximum Gasteiger partial charge on any atom is 0.254 e. The molecular weight excluding hydrogens is 411 g/mol. The van der Waals surface area contributed by atoms with Crippen molar-refractivity contribution in [2.75, 3.05) is 23.7 Å². The molecule has 1 saturated carbocycles. The number of nitrogens with one attached hydrogen (secondary N) is 2. The van der Waals surface area contributed by atoms with Crippen LogP contribution in [0, 0.1) is 23.4 Å². The molecule has 0 bridgehead atoms. The van der Waals surface area contributed by atoms with Gasteiger partial charge in [0.2, 0.25) is 11.8 Å². The molecule has 0 radical (unpaired) electrons. The molecule has 2 aromatic rings. The van der Waals surface area contributed by atoms with Gasteiger partial charge < -0.3 is 15.5 Å². The van der Waals surface area contributed by atoms with Crippen LogP contribution in [0.4, 0.5) is 24.5 Å². The van der Waals surface area contributed by atoms with E-state index in [1.54, 1.807) is 18.2 Å². The molecule has 6 nitrogen and oxygen atoms in total. The van der Waals surface area contributed by atoms with Gasteiger partial charge in [-0.3, -0.25) is 14.4 Å². The van der Waals surface area contributed by atoms with Gasteiger partial charge in [0.1, 0.15) is 6.54 Å². The molecule has 31 heavy (non-hydrogen) atoms. The number of carbonyl (C=O) groups excluding carboxylic acids is 3. The number of amides is 3. The highest BCUT2D eigenvalue weighted by Gasteiger charge is 2.29. The fraction of sp³-hybridized carbons (Fsp3) is 0.318. The first-order valence-electron chi connectivity index (χ1n) is 9.93. The molecule has 1 aliphatic carbocycles. The average molecular weight is 433 g/mol. The molecule has 2 aromatic carbocycles. The van der Waals surface area contributed by atoms with Crippen molar-refractivity contribution in [2.24, 2.45) is 5.92 Å². The van der Waals surface area contributed by atoms with E-state index in [9.17, 15) is 27.6 Å². The highest BCUT2D eigenvalue weighted by molar-refractivity contribution is 6.01. The standard InChI is InChI=1S/C22H22F3N3O3/c1-2-10-28(12-18(29)27-17-9-8-16(23)19(24)20(17)25)22(31)14-4-3-5-15(11-14)26-21(30)13-6-7-13/h3-5,8-9,11,13H,2,6-7,10,12H2,1H3,(H,26,30)(H,27,29). The van der Waals surface area contributed by atoms with Crippen LogP contribution in [0.3, 0.4) is 0 Å². The molecular formula is C22H22F3N3O3. The summed E-state index contributed by atoms with van der Waals surface area (Å²) in [6.45, 7) is 1.65. The van der Waals surface area contributed by atoms with E-state index in [4.69, 9.17) is 0 Å². The lowest BCUT2D eigenvalue weighted by molar-refractivity contribution is -0.117. The molecule has 9 heteroatoms. The minimum Gasteiger partial charge on any atom is -0.329 e. The number of carbonyl (C=O) groups is 3. The van der Waals surface area contributed by atoms with E-state index in [2.05, 4.69) is 10.6 Å². The predicted octanol–water partition coefficient (Wildman–Crippen LogP) is 3.94. The third-order valence-electron chi connectivity index (χ3n) is 4.75. The predicted molar refractivity (Wildman–Crippen MR) is 109 cm³/mol. The molecule has 1 aliphatic rings. The summed E-state index contributed by atoms with van der Waals surface area (Å²) in [5.74, 6) is -5.87. The van der Waals surface area contributed by atoms with E-state index < -0.39 is 41.5 Å². The second-order valence-corrected chi connectivity index (χ2v) is 7.34. The van der Waals surface area contributed by atoms with Gasteiger partial charge in [0.25, 0.3) is 5.91 Å². The lowest BCUT2D eigenvalue weighted by Gasteiger charge is -2.22. The van der Waals surface area contributed by atoms with E-state index in [1.807, 2.05) is 6.92 Å². The minimum absolute atomic E-state index is 0.0105. The SMILES string of the molecule is CCCN(CC(=O)Nc1ccc(F)c(F)c1F)C(=O)c1cccc(NC(=O)C2CC2)c1. The van der Waals surface area contributed by atoms with Gasteiger partial charge in [-0.25, -0.2) is 13.2 Å². The van der Waals surface area contributed by atoms with E-state index in [1.165, 1.54) is 11.0 Å². The second kappa shape index (κ2) is 9.63. The van der Waals surface area contributed by atoms with Crippen molar-refractivity contribution in [1.82, 2.24) is 4.90 Å². The van der Waals surface area contributed by atoms with Crippen molar-refractivity contribution in [3.8, 4) is 0 Å². The van der Waals surface area contributed by atoms with Gasteiger partial charge in [0.05, 0.1) is 5.69 Å². The van der Waals surface area contributed by atoms with Gasteiger partial charge >= 0.3 is 0 Å². The van der Waals surface area contributed by atoms with Gasteiger partial charge in [-0.15, -0.1) is 0 Å². The normalized spacial score (nSPS) is 12.9. The number of benzene rings is 2. The zero-order chi connectivity index (χ0) is 22.5. The van der Waals surface area contributed by atoms with Crippen LogP contribution in [0.15, 0.2) is 36.4 Å². The monoisotopic (exact) mass is 433 g/mol. The highest BCUT2D eigenvalue weighted by atomic mass is 19.2. The number of hydrogen-bond acceptors (Lipinski definition) is 3. The minimum atomic E-state index is -1.69. The maximum absolute atomic E-state index is 13.8. The Bertz CT molecular complexity index is 1010. The average Bonchev–Trinajstić information content (AvgIpc) is 3.59. The summed E-state index contributed by atoms with van der Waals surface area (Å²) in [6, 6.07) is 7.98. The summed E-state index contributed by atoms with van der Waals surface area (Å²) >= 11 is 0. The van der Waals surface area contributed by atoms with Crippen LogP contribution < -0.4 is 10.6 Å². The van der Waals surface area contributed by atoms with Crippen LogP contribution in [0.1, 0.15) is 36.5 Å². The largest absolute Gasteiger partial charge is 0.329 e. The first-order chi connectivity index (χ1) is 14.8. The summed E-state index contributed by atoms with van der Waals surface area (Å²) in [7, 11) is 0. The Labute approximate surface area is 177 Å². The van der Waals surface area contributed by atoms with Crippen LogP contribution in [0.2, 0.25) is 0 Å². The molecule has 3 amide bonds. The molecule has 3 rings (SSSR count). The second-order valence-electron chi connectivity index (χ2n) is 7.34. The summed E-state index contributed by atoms with van der Waals surface area (Å²) in [5, 5.41) is 4.92.